The zero-order chi connectivity index (χ0) is 15.9. The monoisotopic (exact) mass is 303 g/mol. The Morgan fingerprint density at radius 3 is 1.90 bits per heavy atom. The van der Waals surface area contributed by atoms with Gasteiger partial charge in [-0.1, -0.05) is 0 Å². The van der Waals surface area contributed by atoms with Crippen LogP contribution in [0.2, 0.25) is 0 Å². The van der Waals surface area contributed by atoms with E-state index in [4.69, 9.17) is 10.8 Å². The van der Waals surface area contributed by atoms with E-state index < -0.39 is 46.8 Å². The van der Waals surface area contributed by atoms with E-state index in [1.807, 2.05) is 0 Å². The molecule has 1 rings (SSSR count). The SMILES string of the molecule is Nc1c(O)cc(C(C(F)(F)F)C(F)(F)F)cc1C(=O)O. The standard InChI is InChI=1S/C10H7F6NO3/c11-9(12,13)7(10(14,15)16)3-1-4(8(19)20)6(17)5(18)2-3/h1-2,7,18H,17H2,(H,19,20). The molecule has 0 saturated heterocycles. The van der Waals surface area contributed by atoms with Crippen LogP contribution >= 0.6 is 0 Å². The molecule has 0 fully saturated rings. The molecule has 10 heteroatoms. The highest BCUT2D eigenvalue weighted by molar-refractivity contribution is 5.95. The first-order valence-electron chi connectivity index (χ1n) is 4.84. The van der Waals surface area contributed by atoms with E-state index in [0.29, 0.717) is 0 Å². The van der Waals surface area contributed by atoms with Crippen molar-refractivity contribution in [1.29, 1.82) is 0 Å². The first-order valence-corrected chi connectivity index (χ1v) is 4.84. The molecule has 0 aliphatic carbocycles. The molecule has 0 saturated carbocycles. The number of benzene rings is 1. The van der Waals surface area contributed by atoms with Crippen molar-refractivity contribution < 1.29 is 41.4 Å². The summed E-state index contributed by atoms with van der Waals surface area (Å²) in [6, 6.07) is 0.288. The topological polar surface area (TPSA) is 83.5 Å². The molecule has 0 aromatic heterocycles. The van der Waals surface area contributed by atoms with Gasteiger partial charge in [0.2, 0.25) is 0 Å². The lowest BCUT2D eigenvalue weighted by Crippen LogP contribution is -2.34. The van der Waals surface area contributed by atoms with Crippen molar-refractivity contribution in [3.05, 3.63) is 23.3 Å². The summed E-state index contributed by atoms with van der Waals surface area (Å²) in [4.78, 5) is 10.7. The van der Waals surface area contributed by atoms with Crippen molar-refractivity contribution in [1.82, 2.24) is 0 Å². The number of nitrogens with two attached hydrogens (primary N) is 1. The Kier molecular flexibility index (Phi) is 3.79. The lowest BCUT2D eigenvalue weighted by molar-refractivity contribution is -0.253. The second-order valence-corrected chi connectivity index (χ2v) is 3.82. The lowest BCUT2D eigenvalue weighted by Gasteiger charge is -2.24. The highest BCUT2D eigenvalue weighted by Gasteiger charge is 2.57. The number of hydrogen-bond acceptors (Lipinski definition) is 3. The van der Waals surface area contributed by atoms with E-state index in [1.165, 1.54) is 0 Å². The zero-order valence-corrected chi connectivity index (χ0v) is 9.38. The van der Waals surface area contributed by atoms with Gasteiger partial charge in [0.25, 0.3) is 0 Å². The van der Waals surface area contributed by atoms with Gasteiger partial charge >= 0.3 is 18.3 Å². The molecule has 0 spiro atoms. The fraction of sp³-hybridized carbons (Fsp3) is 0.300. The second kappa shape index (κ2) is 4.76. The molecule has 0 radical (unpaired) electrons. The summed E-state index contributed by atoms with van der Waals surface area (Å²) < 4.78 is 74.9. The number of alkyl halides is 6. The fourth-order valence-electron chi connectivity index (χ4n) is 1.57. The van der Waals surface area contributed by atoms with Crippen LogP contribution in [0.15, 0.2) is 12.1 Å². The molecule has 0 amide bonds. The number of carboxylic acids is 1. The van der Waals surface area contributed by atoms with Gasteiger partial charge in [0.05, 0.1) is 11.3 Å². The summed E-state index contributed by atoms with van der Waals surface area (Å²) >= 11 is 0. The van der Waals surface area contributed by atoms with Crippen molar-refractivity contribution in [3.8, 4) is 5.75 Å². The number of aromatic hydroxyl groups is 1. The van der Waals surface area contributed by atoms with Gasteiger partial charge in [-0.05, 0) is 17.7 Å². The van der Waals surface area contributed by atoms with Crippen LogP contribution in [0.1, 0.15) is 21.8 Å². The predicted molar refractivity (Wildman–Crippen MR) is 54.3 cm³/mol. The molecule has 0 aliphatic rings. The van der Waals surface area contributed by atoms with Gasteiger partial charge in [0.15, 0.2) is 5.92 Å². The molecular weight excluding hydrogens is 296 g/mol. The largest absolute Gasteiger partial charge is 0.506 e. The third-order valence-electron chi connectivity index (χ3n) is 2.40. The Bertz CT molecular complexity index is 523. The fourth-order valence-corrected chi connectivity index (χ4v) is 1.57. The van der Waals surface area contributed by atoms with Crippen molar-refractivity contribution in [2.24, 2.45) is 0 Å². The van der Waals surface area contributed by atoms with Crippen LogP contribution < -0.4 is 5.73 Å². The summed E-state index contributed by atoms with van der Waals surface area (Å²) in [6.45, 7) is 0. The van der Waals surface area contributed by atoms with Crippen molar-refractivity contribution in [2.45, 2.75) is 18.3 Å². The van der Waals surface area contributed by atoms with Crippen LogP contribution in [0, 0.1) is 0 Å². The van der Waals surface area contributed by atoms with Crippen LogP contribution in [0.3, 0.4) is 0 Å². The van der Waals surface area contributed by atoms with E-state index in [9.17, 15) is 36.2 Å². The summed E-state index contributed by atoms with van der Waals surface area (Å²) in [5.41, 5.74) is 1.77. The number of aromatic carboxylic acids is 1. The maximum absolute atomic E-state index is 12.5. The van der Waals surface area contributed by atoms with Crippen molar-refractivity contribution >= 4 is 11.7 Å². The highest BCUT2D eigenvalue weighted by Crippen LogP contribution is 2.47. The Morgan fingerprint density at radius 1 is 1.10 bits per heavy atom. The van der Waals surface area contributed by atoms with Crippen LogP contribution in [-0.4, -0.2) is 28.5 Å². The van der Waals surface area contributed by atoms with Crippen LogP contribution in [0.4, 0.5) is 32.0 Å². The van der Waals surface area contributed by atoms with Gasteiger partial charge < -0.3 is 15.9 Å². The average molecular weight is 303 g/mol. The molecule has 1 aromatic rings. The quantitative estimate of drug-likeness (QED) is 0.445. The molecule has 0 unspecified atom stereocenters. The summed E-state index contributed by atoms with van der Waals surface area (Å²) in [5.74, 6) is -6.94. The minimum absolute atomic E-state index is 0.142. The number of nitrogen functional groups attached to an aromatic ring is 1. The number of phenols is 1. The van der Waals surface area contributed by atoms with Crippen LogP contribution in [0.25, 0.3) is 0 Å². The van der Waals surface area contributed by atoms with E-state index in [0.717, 1.165) is 0 Å². The minimum atomic E-state index is -5.70. The smallest absolute Gasteiger partial charge is 0.404 e. The Balaban J connectivity index is 3.55. The molecular formula is C10H7F6NO3. The predicted octanol–water partition coefficient (Wildman–Crippen LogP) is 2.88. The van der Waals surface area contributed by atoms with Gasteiger partial charge in [-0.3, -0.25) is 0 Å². The molecule has 0 aliphatic heterocycles. The van der Waals surface area contributed by atoms with Gasteiger partial charge in [0.1, 0.15) is 5.75 Å². The van der Waals surface area contributed by atoms with Crippen LogP contribution in [-0.2, 0) is 0 Å². The van der Waals surface area contributed by atoms with E-state index >= 15 is 0 Å². The summed E-state index contributed by atoms with van der Waals surface area (Å²) in [7, 11) is 0. The van der Waals surface area contributed by atoms with Crippen molar-refractivity contribution in [2.75, 3.05) is 5.73 Å². The third-order valence-corrected chi connectivity index (χ3v) is 2.40. The maximum Gasteiger partial charge on any atom is 0.404 e. The van der Waals surface area contributed by atoms with Gasteiger partial charge in [-0.2, -0.15) is 26.3 Å². The molecule has 1 aromatic carbocycles. The number of hydrogen-bond donors (Lipinski definition) is 3. The molecule has 0 atom stereocenters. The van der Waals surface area contributed by atoms with E-state index in [2.05, 4.69) is 0 Å². The normalized spacial score (nSPS) is 12.8. The minimum Gasteiger partial charge on any atom is -0.506 e. The number of carbonyl (C=O) groups is 1. The van der Waals surface area contributed by atoms with Gasteiger partial charge in [0, 0.05) is 0 Å². The summed E-state index contributed by atoms with van der Waals surface area (Å²) in [6.07, 6.45) is -11.4. The Hall–Kier alpha value is -2.13. The number of rotatable bonds is 2. The van der Waals surface area contributed by atoms with Gasteiger partial charge in [-0.25, -0.2) is 4.79 Å². The molecule has 4 N–H and O–H groups in total. The van der Waals surface area contributed by atoms with E-state index in [1.54, 1.807) is 0 Å². The number of halogens is 6. The molecule has 112 valence electrons. The third kappa shape index (κ3) is 3.06. The van der Waals surface area contributed by atoms with Gasteiger partial charge in [-0.15, -0.1) is 0 Å². The molecule has 20 heavy (non-hydrogen) atoms. The number of phenolic OH excluding ortho intramolecular Hbond substituents is 1. The molecule has 0 bridgehead atoms. The van der Waals surface area contributed by atoms with Crippen LogP contribution in [0.5, 0.6) is 5.75 Å². The number of anilines is 1. The van der Waals surface area contributed by atoms with E-state index in [-0.39, 0.29) is 12.1 Å². The summed E-state index contributed by atoms with van der Waals surface area (Å²) in [5, 5.41) is 17.8. The molecule has 0 heterocycles. The Morgan fingerprint density at radius 2 is 1.55 bits per heavy atom. The second-order valence-electron chi connectivity index (χ2n) is 3.82. The number of carboxylic acid groups (broad SMARTS) is 1. The first kappa shape index (κ1) is 15.9. The maximum atomic E-state index is 12.5. The van der Waals surface area contributed by atoms with Crippen molar-refractivity contribution in [3.63, 3.8) is 0 Å². The molecule has 4 nitrogen and oxygen atoms in total. The lowest BCUT2D eigenvalue weighted by atomic mass is 9.94. The zero-order valence-electron chi connectivity index (χ0n) is 9.38. The first-order chi connectivity index (χ1) is 8.85. The Labute approximate surface area is 107 Å². The highest BCUT2D eigenvalue weighted by atomic mass is 19.4. The average Bonchev–Trinajstić information content (AvgIpc) is 2.18.